The van der Waals surface area contributed by atoms with E-state index in [1.807, 2.05) is 0 Å². The third-order valence-corrected chi connectivity index (χ3v) is 3.96. The number of hydrogen-bond donors (Lipinski definition) is 1. The zero-order chi connectivity index (χ0) is 8.11. The van der Waals surface area contributed by atoms with Crippen molar-refractivity contribution in [2.45, 2.75) is 26.8 Å². The number of nitrogens with one attached hydrogen (secondary N) is 1. The molecule has 2 heterocycles. The quantitative estimate of drug-likeness (QED) is 0.564. The smallest absolute Gasteiger partial charge is 0.0541 e. The molecule has 0 bridgehead atoms. The fraction of sp³-hybridized carbons (Fsp3) is 1.00. The summed E-state index contributed by atoms with van der Waals surface area (Å²) in [6.07, 6.45) is 0. The molecule has 2 aliphatic heterocycles. The first-order valence-corrected chi connectivity index (χ1v) is 4.40. The van der Waals surface area contributed by atoms with Gasteiger partial charge in [0.05, 0.1) is 13.2 Å². The van der Waals surface area contributed by atoms with E-state index in [-0.39, 0.29) is 0 Å². The largest absolute Gasteiger partial charge is 0.380 e. The summed E-state index contributed by atoms with van der Waals surface area (Å²) >= 11 is 0. The molecule has 0 amide bonds. The van der Waals surface area contributed by atoms with E-state index in [2.05, 4.69) is 26.1 Å². The van der Waals surface area contributed by atoms with Crippen molar-refractivity contribution < 1.29 is 4.74 Å². The number of hydrogen-bond acceptors (Lipinski definition) is 2. The molecule has 2 rings (SSSR count). The second kappa shape index (κ2) is 1.99. The predicted molar refractivity (Wildman–Crippen MR) is 44.5 cm³/mol. The van der Waals surface area contributed by atoms with Crippen molar-refractivity contribution in [1.82, 2.24) is 5.32 Å². The van der Waals surface area contributed by atoms with E-state index in [1.54, 1.807) is 0 Å². The van der Waals surface area contributed by atoms with Crippen LogP contribution in [0.4, 0.5) is 0 Å². The SMILES string of the molecule is CC1NC[C@]2(C)COC[C@]12C. The van der Waals surface area contributed by atoms with E-state index < -0.39 is 0 Å². The Morgan fingerprint density at radius 2 is 2.09 bits per heavy atom. The average molecular weight is 155 g/mol. The summed E-state index contributed by atoms with van der Waals surface area (Å²) in [5.41, 5.74) is 0.749. The van der Waals surface area contributed by atoms with Crippen molar-refractivity contribution in [2.24, 2.45) is 10.8 Å². The highest BCUT2D eigenvalue weighted by atomic mass is 16.5. The minimum absolute atomic E-state index is 0.368. The topological polar surface area (TPSA) is 21.3 Å². The van der Waals surface area contributed by atoms with E-state index in [9.17, 15) is 0 Å². The monoisotopic (exact) mass is 155 g/mol. The Bertz CT molecular complexity index is 182. The molecule has 3 atom stereocenters. The van der Waals surface area contributed by atoms with Gasteiger partial charge in [0.15, 0.2) is 0 Å². The maximum atomic E-state index is 5.55. The Hall–Kier alpha value is -0.0800. The van der Waals surface area contributed by atoms with E-state index in [0.29, 0.717) is 16.9 Å². The second-order valence-electron chi connectivity index (χ2n) is 4.57. The van der Waals surface area contributed by atoms with Gasteiger partial charge in [-0.3, -0.25) is 0 Å². The van der Waals surface area contributed by atoms with E-state index in [0.717, 1.165) is 19.8 Å². The fourth-order valence-corrected chi connectivity index (χ4v) is 2.33. The van der Waals surface area contributed by atoms with Gasteiger partial charge >= 0.3 is 0 Å². The standard InChI is InChI=1S/C9H17NO/c1-7-9(3)6-11-5-8(9,2)4-10-7/h7,10H,4-6H2,1-3H3/t7?,8-,9-/m1/s1. The first-order chi connectivity index (χ1) is 5.08. The second-order valence-corrected chi connectivity index (χ2v) is 4.57. The highest BCUT2D eigenvalue weighted by Gasteiger charge is 2.56. The van der Waals surface area contributed by atoms with Crippen LogP contribution in [0.2, 0.25) is 0 Å². The molecule has 0 aromatic heterocycles. The van der Waals surface area contributed by atoms with Gasteiger partial charge in [-0.1, -0.05) is 13.8 Å². The van der Waals surface area contributed by atoms with E-state index >= 15 is 0 Å². The third kappa shape index (κ3) is 0.744. The molecule has 0 aliphatic carbocycles. The Labute approximate surface area is 68.3 Å². The van der Waals surface area contributed by atoms with Crippen LogP contribution in [0.1, 0.15) is 20.8 Å². The molecule has 0 radical (unpaired) electrons. The first kappa shape index (κ1) is 7.56. The average Bonchev–Trinajstić information content (AvgIpc) is 2.34. The van der Waals surface area contributed by atoms with Gasteiger partial charge in [0, 0.05) is 23.4 Å². The highest BCUT2D eigenvalue weighted by molar-refractivity contribution is 5.08. The molecule has 0 spiro atoms. The molecule has 2 heteroatoms. The van der Waals surface area contributed by atoms with Gasteiger partial charge in [-0.05, 0) is 6.92 Å². The van der Waals surface area contributed by atoms with Crippen LogP contribution in [0.25, 0.3) is 0 Å². The summed E-state index contributed by atoms with van der Waals surface area (Å²) in [6, 6.07) is 0.606. The van der Waals surface area contributed by atoms with Crippen LogP contribution in [0, 0.1) is 10.8 Å². The van der Waals surface area contributed by atoms with Crippen LogP contribution in [-0.4, -0.2) is 25.8 Å². The molecule has 2 fully saturated rings. The predicted octanol–water partition coefficient (Wildman–Crippen LogP) is 1.02. The van der Waals surface area contributed by atoms with Crippen molar-refractivity contribution in [3.63, 3.8) is 0 Å². The zero-order valence-electron chi connectivity index (χ0n) is 7.61. The van der Waals surface area contributed by atoms with Crippen LogP contribution >= 0.6 is 0 Å². The van der Waals surface area contributed by atoms with Gasteiger partial charge in [0.25, 0.3) is 0 Å². The lowest BCUT2D eigenvalue weighted by Gasteiger charge is -2.33. The zero-order valence-corrected chi connectivity index (χ0v) is 7.61. The molecule has 2 saturated heterocycles. The first-order valence-electron chi connectivity index (χ1n) is 4.40. The molecule has 2 aliphatic rings. The summed E-state index contributed by atoms with van der Waals surface area (Å²) in [5, 5.41) is 3.52. The Balaban J connectivity index is 2.33. The van der Waals surface area contributed by atoms with Crippen molar-refractivity contribution >= 4 is 0 Å². The highest BCUT2D eigenvalue weighted by Crippen LogP contribution is 2.50. The van der Waals surface area contributed by atoms with Crippen LogP contribution in [0.3, 0.4) is 0 Å². The van der Waals surface area contributed by atoms with Gasteiger partial charge in [-0.2, -0.15) is 0 Å². The van der Waals surface area contributed by atoms with Gasteiger partial charge in [-0.15, -0.1) is 0 Å². The Morgan fingerprint density at radius 3 is 2.73 bits per heavy atom. The summed E-state index contributed by atoms with van der Waals surface area (Å²) in [7, 11) is 0. The van der Waals surface area contributed by atoms with Gasteiger partial charge in [-0.25, -0.2) is 0 Å². The molecular formula is C9H17NO. The minimum atomic E-state index is 0.368. The molecule has 64 valence electrons. The third-order valence-electron chi connectivity index (χ3n) is 3.96. The van der Waals surface area contributed by atoms with Crippen molar-refractivity contribution in [2.75, 3.05) is 19.8 Å². The molecule has 0 aromatic rings. The van der Waals surface area contributed by atoms with Crippen molar-refractivity contribution in [3.8, 4) is 0 Å². The Kier molecular flexibility index (Phi) is 1.37. The lowest BCUT2D eigenvalue weighted by molar-refractivity contribution is 0.144. The summed E-state index contributed by atoms with van der Waals surface area (Å²) < 4.78 is 5.55. The summed E-state index contributed by atoms with van der Waals surface area (Å²) in [6.45, 7) is 9.91. The van der Waals surface area contributed by atoms with Gasteiger partial charge in [0.2, 0.25) is 0 Å². The fourth-order valence-electron chi connectivity index (χ4n) is 2.33. The van der Waals surface area contributed by atoms with Crippen LogP contribution in [0.15, 0.2) is 0 Å². The molecule has 1 N–H and O–H groups in total. The minimum Gasteiger partial charge on any atom is -0.380 e. The molecule has 0 aromatic carbocycles. The maximum absolute atomic E-state index is 5.55. The lowest BCUT2D eigenvalue weighted by Crippen LogP contribution is -2.39. The van der Waals surface area contributed by atoms with Crippen LogP contribution in [0.5, 0.6) is 0 Å². The molecule has 0 saturated carbocycles. The maximum Gasteiger partial charge on any atom is 0.0541 e. The van der Waals surface area contributed by atoms with Crippen LogP contribution in [-0.2, 0) is 4.74 Å². The van der Waals surface area contributed by atoms with Gasteiger partial charge < -0.3 is 10.1 Å². The normalized spacial score (nSPS) is 56.5. The number of fused-ring (bicyclic) bond motifs is 1. The Morgan fingerprint density at radius 1 is 1.36 bits per heavy atom. The van der Waals surface area contributed by atoms with Crippen molar-refractivity contribution in [1.29, 1.82) is 0 Å². The molecule has 2 nitrogen and oxygen atoms in total. The van der Waals surface area contributed by atoms with E-state index in [1.165, 1.54) is 0 Å². The number of rotatable bonds is 0. The molecule has 1 unspecified atom stereocenters. The van der Waals surface area contributed by atoms with Gasteiger partial charge in [0.1, 0.15) is 0 Å². The summed E-state index contributed by atoms with van der Waals surface area (Å²) in [4.78, 5) is 0. The lowest BCUT2D eigenvalue weighted by atomic mass is 9.68. The summed E-state index contributed by atoms with van der Waals surface area (Å²) in [5.74, 6) is 0. The van der Waals surface area contributed by atoms with Crippen LogP contribution < -0.4 is 5.32 Å². The number of ether oxygens (including phenoxy) is 1. The van der Waals surface area contributed by atoms with E-state index in [4.69, 9.17) is 4.74 Å². The van der Waals surface area contributed by atoms with Crippen molar-refractivity contribution in [3.05, 3.63) is 0 Å². The molecular weight excluding hydrogens is 138 g/mol. The molecule has 11 heavy (non-hydrogen) atoms.